The molecule has 1 rings (SSSR count). The molecule has 1 N–H and O–H groups in total. The molecule has 0 aromatic carbocycles. The van der Waals surface area contributed by atoms with Crippen molar-refractivity contribution in [1.82, 2.24) is 5.32 Å². The summed E-state index contributed by atoms with van der Waals surface area (Å²) < 4.78 is 0. The Hall–Kier alpha value is -0.170. The molecule has 0 aromatic heterocycles. The number of piperidine rings is 1. The Balaban J connectivity index is 2.33. The molecule has 0 unspecified atom stereocenters. The molecule has 1 radical (unpaired) electrons. The predicted octanol–water partition coefficient (Wildman–Crippen LogP) is 1.02. The van der Waals surface area contributed by atoms with E-state index in [9.17, 15) is 0 Å². The molecular formula is C7H13N+. The van der Waals surface area contributed by atoms with Crippen molar-refractivity contribution < 1.29 is 0 Å². The highest BCUT2D eigenvalue weighted by molar-refractivity contribution is 4.88. The van der Waals surface area contributed by atoms with Crippen LogP contribution in [0.1, 0.15) is 12.8 Å². The minimum Gasteiger partial charge on any atom is -0.316 e. The van der Waals surface area contributed by atoms with Gasteiger partial charge in [0.25, 0.3) is 0 Å². The molecule has 0 saturated carbocycles. The van der Waals surface area contributed by atoms with Crippen molar-refractivity contribution in [2.24, 2.45) is 5.41 Å². The minimum atomic E-state index is 0.116. The van der Waals surface area contributed by atoms with Gasteiger partial charge in [0, 0.05) is 12.8 Å². The van der Waals surface area contributed by atoms with Gasteiger partial charge in [0.2, 0.25) is 0 Å². The first-order valence-corrected chi connectivity index (χ1v) is 3.12. The van der Waals surface area contributed by atoms with Gasteiger partial charge >= 0.3 is 0 Å². The van der Waals surface area contributed by atoms with Crippen LogP contribution in [0.4, 0.5) is 0 Å². The summed E-state index contributed by atoms with van der Waals surface area (Å²) in [5.74, 6) is 0. The van der Waals surface area contributed by atoms with Crippen LogP contribution in [-0.4, -0.2) is 13.1 Å². The lowest BCUT2D eigenvalue weighted by Crippen LogP contribution is -2.32. The number of nitrogens with one attached hydrogen (secondary N) is 1. The predicted molar refractivity (Wildman–Crippen MR) is 35.3 cm³/mol. The third-order valence-electron chi connectivity index (χ3n) is 1.66. The first kappa shape index (κ1) is 5.96. The van der Waals surface area contributed by atoms with Crippen LogP contribution in [0.2, 0.25) is 0 Å². The van der Waals surface area contributed by atoms with Crippen LogP contribution in [0.15, 0.2) is 0 Å². The largest absolute Gasteiger partial charge is 0.316 e. The van der Waals surface area contributed by atoms with Crippen LogP contribution in [-0.2, 0) is 0 Å². The number of hydrogen-bond acceptors (Lipinski definition) is 1. The highest BCUT2D eigenvalue weighted by Crippen LogP contribution is 2.24. The van der Waals surface area contributed by atoms with Gasteiger partial charge in [-0.1, -0.05) is 0 Å². The van der Waals surface area contributed by atoms with Crippen molar-refractivity contribution in [3.8, 4) is 0 Å². The Morgan fingerprint density at radius 1 is 1.38 bits per heavy atom. The summed E-state index contributed by atoms with van der Waals surface area (Å²) in [6.45, 7) is 10.1. The van der Waals surface area contributed by atoms with Crippen molar-refractivity contribution in [3.63, 3.8) is 0 Å². The van der Waals surface area contributed by atoms with Crippen LogP contribution >= 0.6 is 0 Å². The summed E-state index contributed by atoms with van der Waals surface area (Å²) in [6, 6.07) is 0. The van der Waals surface area contributed by atoms with Crippen LogP contribution in [0.5, 0.6) is 0 Å². The van der Waals surface area contributed by atoms with Gasteiger partial charge in [-0.3, -0.25) is 0 Å². The fraction of sp³-hybridized carbons (Fsp3) is 0.714. The zero-order valence-corrected chi connectivity index (χ0v) is 5.24. The number of hydrogen-bond donors (Lipinski definition) is 1. The fourth-order valence-corrected chi connectivity index (χ4v) is 0.957. The third-order valence-corrected chi connectivity index (χ3v) is 1.66. The van der Waals surface area contributed by atoms with E-state index in [2.05, 4.69) is 19.2 Å². The zero-order chi connectivity index (χ0) is 6.04. The molecule has 0 aliphatic carbocycles. The molecule has 0 atom stereocenters. The van der Waals surface area contributed by atoms with Gasteiger partial charge in [0.1, 0.15) is 5.41 Å². The van der Waals surface area contributed by atoms with E-state index in [0.29, 0.717) is 0 Å². The molecule has 45 valence electrons. The standard InChI is InChI=1S/C7H13N/c1-7(2)3-5-8-6-4-7/h8H,1-6H2/q+1. The maximum Gasteiger partial charge on any atom is 0.108 e. The average Bonchev–Trinajstić information content (AvgIpc) is 1.65. The van der Waals surface area contributed by atoms with E-state index >= 15 is 0 Å². The molecule has 1 heterocycles. The van der Waals surface area contributed by atoms with Crippen molar-refractivity contribution in [3.05, 3.63) is 13.8 Å². The maximum atomic E-state index is 3.98. The van der Waals surface area contributed by atoms with Gasteiger partial charge in [0.05, 0.1) is 6.92 Å². The summed E-state index contributed by atoms with van der Waals surface area (Å²) in [5, 5.41) is 3.26. The molecule has 1 aliphatic rings. The molecule has 1 saturated heterocycles. The van der Waals surface area contributed by atoms with E-state index < -0.39 is 0 Å². The van der Waals surface area contributed by atoms with E-state index in [1.807, 2.05) is 0 Å². The Kier molecular flexibility index (Phi) is 1.47. The van der Waals surface area contributed by atoms with Crippen LogP contribution in [0, 0.1) is 19.3 Å². The van der Waals surface area contributed by atoms with Crippen molar-refractivity contribution in [2.75, 3.05) is 13.1 Å². The lowest BCUT2D eigenvalue weighted by Gasteiger charge is -2.22. The fourth-order valence-electron chi connectivity index (χ4n) is 0.957. The third kappa shape index (κ3) is 1.41. The molecule has 1 fully saturated rings. The van der Waals surface area contributed by atoms with Crippen molar-refractivity contribution >= 4 is 0 Å². The summed E-state index contributed by atoms with van der Waals surface area (Å²) in [4.78, 5) is 0. The van der Waals surface area contributed by atoms with E-state index in [0.717, 1.165) is 25.9 Å². The Labute approximate surface area is 51.5 Å². The van der Waals surface area contributed by atoms with Gasteiger partial charge in [-0.05, 0) is 20.0 Å². The molecule has 0 aromatic rings. The quantitative estimate of drug-likeness (QED) is 0.460. The van der Waals surface area contributed by atoms with Gasteiger partial charge < -0.3 is 5.32 Å². The Morgan fingerprint density at radius 3 is 2.12 bits per heavy atom. The van der Waals surface area contributed by atoms with E-state index in [1.54, 1.807) is 0 Å². The highest BCUT2D eigenvalue weighted by Gasteiger charge is 2.27. The molecule has 1 nitrogen and oxygen atoms in total. The second kappa shape index (κ2) is 1.98. The van der Waals surface area contributed by atoms with Crippen LogP contribution in [0.25, 0.3) is 0 Å². The van der Waals surface area contributed by atoms with Crippen molar-refractivity contribution in [2.45, 2.75) is 12.8 Å². The van der Waals surface area contributed by atoms with E-state index in [1.165, 1.54) is 0 Å². The maximum absolute atomic E-state index is 3.98. The Morgan fingerprint density at radius 2 is 1.88 bits per heavy atom. The monoisotopic (exact) mass is 111 g/mol. The minimum absolute atomic E-state index is 0.116. The topological polar surface area (TPSA) is 12.0 Å². The summed E-state index contributed by atoms with van der Waals surface area (Å²) in [5.41, 5.74) is 0.116. The molecule has 0 spiro atoms. The van der Waals surface area contributed by atoms with Gasteiger partial charge in [-0.25, -0.2) is 0 Å². The summed E-state index contributed by atoms with van der Waals surface area (Å²) in [6.07, 6.45) is 2.24. The number of rotatable bonds is 0. The second-order valence-corrected chi connectivity index (χ2v) is 2.75. The van der Waals surface area contributed by atoms with Gasteiger partial charge in [-0.15, -0.1) is 0 Å². The van der Waals surface area contributed by atoms with Crippen molar-refractivity contribution in [1.29, 1.82) is 0 Å². The molecule has 1 heteroatoms. The second-order valence-electron chi connectivity index (χ2n) is 2.75. The van der Waals surface area contributed by atoms with Gasteiger partial charge in [0.15, 0.2) is 0 Å². The van der Waals surface area contributed by atoms with E-state index in [4.69, 9.17) is 0 Å². The lowest BCUT2D eigenvalue weighted by molar-refractivity contribution is 0.336. The molecule has 1 aliphatic heterocycles. The summed E-state index contributed by atoms with van der Waals surface area (Å²) >= 11 is 0. The van der Waals surface area contributed by atoms with E-state index in [-0.39, 0.29) is 5.41 Å². The Bertz CT molecular complexity index is 68.5. The molecule has 0 amide bonds. The first-order chi connectivity index (χ1) is 3.71. The summed E-state index contributed by atoms with van der Waals surface area (Å²) in [7, 11) is 0. The lowest BCUT2D eigenvalue weighted by atomic mass is 9.83. The van der Waals surface area contributed by atoms with Gasteiger partial charge in [-0.2, -0.15) is 0 Å². The highest BCUT2D eigenvalue weighted by atomic mass is 14.9. The SMILES string of the molecule is [CH2]C1([CH2+])CCNCC1. The molecule has 0 bridgehead atoms. The molecule has 8 heavy (non-hydrogen) atoms. The first-order valence-electron chi connectivity index (χ1n) is 3.12. The molecular weight excluding hydrogens is 98.1 g/mol. The zero-order valence-electron chi connectivity index (χ0n) is 5.24. The normalized spacial score (nSPS) is 27.6. The smallest absolute Gasteiger partial charge is 0.108 e. The van der Waals surface area contributed by atoms with Crippen LogP contribution < -0.4 is 5.32 Å². The van der Waals surface area contributed by atoms with Crippen LogP contribution in [0.3, 0.4) is 0 Å². The average molecular weight is 111 g/mol.